The van der Waals surface area contributed by atoms with E-state index >= 15 is 0 Å². The largest absolute Gasteiger partial charge is 0.772 e. The number of aryl methyl sites for hydroxylation is 1. The summed E-state index contributed by atoms with van der Waals surface area (Å²) in [4.78, 5) is 18.8. The number of nitrogens with zero attached hydrogens (tertiary/aromatic N) is 2. The van der Waals surface area contributed by atoms with Gasteiger partial charge in [0.1, 0.15) is 0 Å². The van der Waals surface area contributed by atoms with Crippen LogP contribution in [0.4, 0.5) is 0 Å². The van der Waals surface area contributed by atoms with Crippen LogP contribution in [-0.2, 0) is 22.3 Å². The lowest BCUT2D eigenvalue weighted by atomic mass is 9.87. The number of thiazole rings is 1. The molecule has 1 aromatic heterocycles. The van der Waals surface area contributed by atoms with Crippen LogP contribution in [0.1, 0.15) is 30.8 Å². The highest BCUT2D eigenvalue weighted by Gasteiger charge is 2.33. The summed E-state index contributed by atoms with van der Waals surface area (Å²) in [6.45, 7) is 4.65. The van der Waals surface area contributed by atoms with Gasteiger partial charge in [0, 0.05) is 36.2 Å². The number of nitrogens with one attached hydrogen (secondary N) is 1. The van der Waals surface area contributed by atoms with E-state index in [1.165, 1.54) is 18.3 Å². The van der Waals surface area contributed by atoms with E-state index in [1.54, 1.807) is 5.48 Å². The van der Waals surface area contributed by atoms with Gasteiger partial charge in [-0.15, -0.1) is 11.3 Å². The van der Waals surface area contributed by atoms with E-state index < -0.39 is 22.4 Å². The zero-order chi connectivity index (χ0) is 22.6. The summed E-state index contributed by atoms with van der Waals surface area (Å²) in [5.41, 5.74) is 2.00. The van der Waals surface area contributed by atoms with Gasteiger partial charge in [-0.05, 0) is 57.4 Å². The summed E-state index contributed by atoms with van der Waals surface area (Å²) in [5, 5.41) is 9.74. The van der Waals surface area contributed by atoms with Crippen molar-refractivity contribution in [2.24, 2.45) is 11.3 Å². The molecule has 7 nitrogen and oxygen atoms in total. The number of likely N-dealkylation sites (tertiary alicyclic amines) is 1. The van der Waals surface area contributed by atoms with Crippen LogP contribution < -0.4 is 5.48 Å². The maximum absolute atomic E-state index is 12.0. The van der Waals surface area contributed by atoms with Gasteiger partial charge in [0.05, 0.1) is 20.6 Å². The molecule has 0 spiro atoms. The van der Waals surface area contributed by atoms with Crippen LogP contribution in [0.25, 0.3) is 10.2 Å². The van der Waals surface area contributed by atoms with Crippen molar-refractivity contribution in [3.63, 3.8) is 0 Å². The quantitative estimate of drug-likeness (QED) is 0.297. The second kappa shape index (κ2) is 9.90. The van der Waals surface area contributed by atoms with Gasteiger partial charge in [-0.2, -0.15) is 0 Å². The number of carbonyl (C=O) groups is 1. The Morgan fingerprint density at radius 3 is 2.90 bits per heavy atom. The Bertz CT molecular complexity index is 1120. The fourth-order valence-electron chi connectivity index (χ4n) is 3.38. The lowest BCUT2D eigenvalue weighted by Gasteiger charge is -2.40. The van der Waals surface area contributed by atoms with E-state index in [0.717, 1.165) is 27.3 Å². The lowest BCUT2D eigenvalue weighted by Crippen LogP contribution is -2.51. The predicted molar refractivity (Wildman–Crippen MR) is 120 cm³/mol. The number of carbonyl (C=O) groups excluding carboxylic acids is 1. The molecule has 0 radical (unpaired) electrons. The Balaban J connectivity index is 1.68. The van der Waals surface area contributed by atoms with E-state index in [1.807, 2.05) is 18.2 Å². The number of hydroxylamine groups is 1. The molecule has 0 bridgehead atoms. The lowest BCUT2D eigenvalue weighted by molar-refractivity contribution is -0.138. The smallest absolute Gasteiger partial charge is 0.250 e. The fraction of sp³-hybridized carbons (Fsp3) is 0.455. The summed E-state index contributed by atoms with van der Waals surface area (Å²) in [7, 11) is 2.08. The van der Waals surface area contributed by atoms with Crippen LogP contribution >= 0.6 is 11.3 Å². The molecule has 164 valence electrons. The van der Waals surface area contributed by atoms with Gasteiger partial charge >= 0.3 is 0 Å². The number of rotatable bonds is 6. The molecular formula is C22H24N3O4S2-. The van der Waals surface area contributed by atoms with Crippen molar-refractivity contribution >= 4 is 38.5 Å². The zero-order valence-corrected chi connectivity index (χ0v) is 19.2. The second-order valence-electron chi connectivity index (χ2n) is 8.05. The van der Waals surface area contributed by atoms with Crippen molar-refractivity contribution in [1.82, 2.24) is 15.4 Å². The number of benzene rings is 1. The summed E-state index contributed by atoms with van der Waals surface area (Å²) < 4.78 is 23.2. The average molecular weight is 459 g/mol. The van der Waals surface area contributed by atoms with Crippen molar-refractivity contribution in [2.45, 2.75) is 32.7 Å². The van der Waals surface area contributed by atoms with Crippen LogP contribution in [0, 0.1) is 35.0 Å². The SMILES string of the molecule is C[C@@H]1[C@@H](C#CC#Cc2ccc3nc(CC[C@@](C)(CS(=O)[O-])C(=O)NO)sc3c2)CN1C. The molecule has 3 rings (SSSR count). The fourth-order valence-corrected chi connectivity index (χ4v) is 5.18. The van der Waals surface area contributed by atoms with Crippen molar-refractivity contribution in [3.05, 3.63) is 28.8 Å². The van der Waals surface area contributed by atoms with Crippen molar-refractivity contribution in [2.75, 3.05) is 19.3 Å². The van der Waals surface area contributed by atoms with Crippen LogP contribution in [-0.4, -0.2) is 55.1 Å². The molecule has 31 heavy (non-hydrogen) atoms. The van der Waals surface area contributed by atoms with Gasteiger partial charge in [-0.25, -0.2) is 10.5 Å². The van der Waals surface area contributed by atoms with E-state index in [4.69, 9.17) is 5.21 Å². The van der Waals surface area contributed by atoms with E-state index in [-0.39, 0.29) is 12.2 Å². The third kappa shape index (κ3) is 5.70. The number of hydrogen-bond donors (Lipinski definition) is 2. The molecule has 1 fully saturated rings. The van der Waals surface area contributed by atoms with Crippen LogP contribution in [0.2, 0.25) is 0 Å². The number of amides is 1. The van der Waals surface area contributed by atoms with E-state index in [9.17, 15) is 13.6 Å². The number of hydrogen-bond acceptors (Lipinski definition) is 7. The minimum absolute atomic E-state index is 0.240. The number of aromatic nitrogens is 1. The first-order valence-electron chi connectivity index (χ1n) is 9.83. The van der Waals surface area contributed by atoms with Crippen molar-refractivity contribution < 1.29 is 18.8 Å². The summed E-state index contributed by atoms with van der Waals surface area (Å²) in [6, 6.07) is 6.21. The normalized spacial score (nSPS) is 21.1. The first kappa shape index (κ1) is 23.4. The van der Waals surface area contributed by atoms with Crippen LogP contribution in [0.15, 0.2) is 18.2 Å². The summed E-state index contributed by atoms with van der Waals surface area (Å²) in [6.07, 6.45) is 0.658. The average Bonchev–Trinajstić information content (AvgIpc) is 3.15. The maximum Gasteiger partial charge on any atom is 0.250 e. The molecule has 1 aliphatic rings. The minimum Gasteiger partial charge on any atom is -0.772 e. The third-order valence-electron chi connectivity index (χ3n) is 5.70. The molecule has 0 aliphatic carbocycles. The maximum atomic E-state index is 12.0. The predicted octanol–water partition coefficient (Wildman–Crippen LogP) is 1.92. The van der Waals surface area contributed by atoms with Gasteiger partial charge in [-0.3, -0.25) is 14.2 Å². The Morgan fingerprint density at radius 1 is 1.48 bits per heavy atom. The van der Waals surface area contributed by atoms with Crippen molar-refractivity contribution in [1.29, 1.82) is 0 Å². The molecule has 2 heterocycles. The van der Waals surface area contributed by atoms with Crippen LogP contribution in [0.5, 0.6) is 0 Å². The molecule has 2 aromatic rings. The second-order valence-corrected chi connectivity index (χ2v) is 10.1. The first-order valence-corrected chi connectivity index (χ1v) is 11.9. The summed E-state index contributed by atoms with van der Waals surface area (Å²) in [5.74, 6) is 11.4. The molecule has 1 saturated heterocycles. The molecule has 9 heteroatoms. The molecule has 1 aliphatic heterocycles. The molecule has 1 aromatic carbocycles. The van der Waals surface area contributed by atoms with E-state index in [0.29, 0.717) is 18.4 Å². The highest BCUT2D eigenvalue weighted by Crippen LogP contribution is 2.29. The van der Waals surface area contributed by atoms with Gasteiger partial charge in [0.2, 0.25) is 5.91 Å². The topological polar surface area (TPSA) is 106 Å². The first-order chi connectivity index (χ1) is 14.7. The Hall–Kier alpha value is -2.27. The van der Waals surface area contributed by atoms with Crippen molar-refractivity contribution in [3.8, 4) is 23.7 Å². The third-order valence-corrected chi connectivity index (χ3v) is 7.65. The van der Waals surface area contributed by atoms with Gasteiger partial charge in [0.25, 0.3) is 0 Å². The van der Waals surface area contributed by atoms with Gasteiger partial charge < -0.3 is 9.45 Å². The monoisotopic (exact) mass is 458 g/mol. The van der Waals surface area contributed by atoms with Gasteiger partial charge in [0.15, 0.2) is 0 Å². The Kier molecular flexibility index (Phi) is 7.47. The Morgan fingerprint density at radius 2 is 2.26 bits per heavy atom. The highest BCUT2D eigenvalue weighted by molar-refractivity contribution is 7.79. The molecule has 2 N–H and O–H groups in total. The van der Waals surface area contributed by atoms with Crippen LogP contribution in [0.3, 0.4) is 0 Å². The molecular weight excluding hydrogens is 434 g/mol. The van der Waals surface area contributed by atoms with Gasteiger partial charge in [-0.1, -0.05) is 22.9 Å². The molecule has 1 amide bonds. The molecule has 1 unspecified atom stereocenters. The standard InChI is InChI=1S/C22H25N3O4S2/c1-15-17(13-25(15)3)7-5-4-6-16-8-9-18-19(12-16)30-20(23-18)10-11-22(2,14-31(28)29)21(26)24-27/h8-9,12,15,17,27H,10-11,13-14H2,1-3H3,(H,24,26)(H,28,29)/p-1/t15-,17+,22+/m1/s1. The Labute approximate surface area is 188 Å². The molecule has 4 atom stereocenters. The zero-order valence-electron chi connectivity index (χ0n) is 17.6. The number of fused-ring (bicyclic) bond motifs is 1. The molecule has 0 saturated carbocycles. The summed E-state index contributed by atoms with van der Waals surface area (Å²) >= 11 is -0.930. The highest BCUT2D eigenvalue weighted by atomic mass is 32.2. The van der Waals surface area contributed by atoms with E-state index in [2.05, 4.69) is 47.5 Å². The minimum atomic E-state index is -2.41.